The average Bonchev–Trinajstić information content (AvgIpc) is 2.48. The van der Waals surface area contributed by atoms with Crippen molar-refractivity contribution in [1.29, 1.82) is 0 Å². The number of rotatable bonds is 7. The molecule has 0 bridgehead atoms. The first-order chi connectivity index (χ1) is 9.81. The van der Waals surface area contributed by atoms with Crippen LogP contribution in [0.3, 0.4) is 0 Å². The van der Waals surface area contributed by atoms with Gasteiger partial charge in [0.1, 0.15) is 23.7 Å². The van der Waals surface area contributed by atoms with Crippen molar-refractivity contribution in [3.63, 3.8) is 0 Å². The summed E-state index contributed by atoms with van der Waals surface area (Å²) >= 11 is 0. The highest BCUT2D eigenvalue weighted by molar-refractivity contribution is 5.60. The zero-order valence-corrected chi connectivity index (χ0v) is 11.9. The van der Waals surface area contributed by atoms with Crippen molar-refractivity contribution < 1.29 is 4.74 Å². The van der Waals surface area contributed by atoms with E-state index in [4.69, 9.17) is 4.74 Å². The molecule has 0 radical (unpaired) electrons. The Bertz CT molecular complexity index is 545. The van der Waals surface area contributed by atoms with Crippen molar-refractivity contribution in [2.45, 2.75) is 19.8 Å². The van der Waals surface area contributed by atoms with Crippen LogP contribution in [-0.2, 0) is 0 Å². The maximum Gasteiger partial charge on any atom is 0.135 e. The molecule has 1 heterocycles. The standard InChI is InChI=1S/C15H20N4O/c1-3-4-8-16-14-10-15(18-11-17-14)19-12-6-5-7-13(9-12)20-2/h5-7,9-11H,3-4,8H2,1-2H3,(H2,16,17,18,19). The second-order valence-electron chi connectivity index (χ2n) is 4.43. The molecule has 0 atom stereocenters. The largest absolute Gasteiger partial charge is 0.497 e. The summed E-state index contributed by atoms with van der Waals surface area (Å²) in [4.78, 5) is 8.42. The van der Waals surface area contributed by atoms with Crippen molar-refractivity contribution in [1.82, 2.24) is 9.97 Å². The Balaban J connectivity index is 2.03. The first kappa shape index (κ1) is 14.1. The Morgan fingerprint density at radius 2 is 2.00 bits per heavy atom. The fourth-order valence-corrected chi connectivity index (χ4v) is 1.76. The van der Waals surface area contributed by atoms with Crippen molar-refractivity contribution in [2.24, 2.45) is 0 Å². The maximum atomic E-state index is 5.20. The minimum atomic E-state index is 0.757. The molecule has 1 aromatic heterocycles. The second kappa shape index (κ2) is 7.33. The third kappa shape index (κ3) is 4.12. The fraction of sp³-hybridized carbons (Fsp3) is 0.333. The Labute approximate surface area is 119 Å². The quantitative estimate of drug-likeness (QED) is 0.756. The topological polar surface area (TPSA) is 59.1 Å². The van der Waals surface area contributed by atoms with Gasteiger partial charge in [-0.2, -0.15) is 0 Å². The number of hydrogen-bond acceptors (Lipinski definition) is 5. The molecular formula is C15H20N4O. The summed E-state index contributed by atoms with van der Waals surface area (Å²) in [6.45, 7) is 3.09. The van der Waals surface area contributed by atoms with Crippen LogP contribution >= 0.6 is 0 Å². The first-order valence-corrected chi connectivity index (χ1v) is 6.79. The highest BCUT2D eigenvalue weighted by atomic mass is 16.5. The van der Waals surface area contributed by atoms with Crippen molar-refractivity contribution in [3.05, 3.63) is 36.7 Å². The normalized spacial score (nSPS) is 10.1. The lowest BCUT2D eigenvalue weighted by atomic mass is 10.3. The SMILES string of the molecule is CCCCNc1cc(Nc2cccc(OC)c2)ncn1. The van der Waals surface area contributed by atoms with E-state index in [1.807, 2.05) is 30.3 Å². The number of nitrogens with one attached hydrogen (secondary N) is 2. The summed E-state index contributed by atoms with van der Waals surface area (Å²) in [5.74, 6) is 2.40. The average molecular weight is 272 g/mol. The van der Waals surface area contributed by atoms with Crippen LogP contribution in [0.1, 0.15) is 19.8 Å². The Hall–Kier alpha value is -2.30. The summed E-state index contributed by atoms with van der Waals surface area (Å²) in [5.41, 5.74) is 0.933. The number of ether oxygens (including phenoxy) is 1. The van der Waals surface area contributed by atoms with Crippen molar-refractivity contribution in [2.75, 3.05) is 24.3 Å². The lowest BCUT2D eigenvalue weighted by Gasteiger charge is -2.09. The van der Waals surface area contributed by atoms with E-state index in [9.17, 15) is 0 Å². The molecule has 0 saturated heterocycles. The summed E-state index contributed by atoms with van der Waals surface area (Å²) in [5, 5.41) is 6.52. The molecule has 0 saturated carbocycles. The van der Waals surface area contributed by atoms with Crippen LogP contribution in [0.5, 0.6) is 5.75 Å². The van der Waals surface area contributed by atoms with Gasteiger partial charge in [0.2, 0.25) is 0 Å². The van der Waals surface area contributed by atoms with Gasteiger partial charge in [-0.25, -0.2) is 9.97 Å². The number of methoxy groups -OCH3 is 1. The highest BCUT2D eigenvalue weighted by Gasteiger charge is 2.00. The van der Waals surface area contributed by atoms with Crippen LogP contribution in [0.15, 0.2) is 36.7 Å². The van der Waals surface area contributed by atoms with Gasteiger partial charge in [0.25, 0.3) is 0 Å². The molecule has 0 aliphatic carbocycles. The van der Waals surface area contributed by atoms with Gasteiger partial charge in [-0.15, -0.1) is 0 Å². The number of unbranched alkanes of at least 4 members (excludes halogenated alkanes) is 1. The molecule has 106 valence electrons. The molecule has 5 heteroatoms. The Kier molecular flexibility index (Phi) is 5.17. The third-order valence-corrected chi connectivity index (χ3v) is 2.85. The van der Waals surface area contributed by atoms with E-state index in [-0.39, 0.29) is 0 Å². The van der Waals surface area contributed by atoms with Gasteiger partial charge in [-0.1, -0.05) is 19.4 Å². The van der Waals surface area contributed by atoms with Crippen LogP contribution in [-0.4, -0.2) is 23.6 Å². The molecule has 0 amide bonds. The predicted octanol–water partition coefficient (Wildman–Crippen LogP) is 3.44. The van der Waals surface area contributed by atoms with E-state index in [0.29, 0.717) is 0 Å². The molecule has 2 N–H and O–H groups in total. The van der Waals surface area contributed by atoms with Gasteiger partial charge in [0.15, 0.2) is 0 Å². The van der Waals surface area contributed by atoms with Crippen LogP contribution in [0.25, 0.3) is 0 Å². The molecule has 0 unspecified atom stereocenters. The van der Waals surface area contributed by atoms with Gasteiger partial charge in [0.05, 0.1) is 7.11 Å². The summed E-state index contributed by atoms with van der Waals surface area (Å²) in [6, 6.07) is 9.63. The summed E-state index contributed by atoms with van der Waals surface area (Å²) < 4.78 is 5.20. The van der Waals surface area contributed by atoms with Crippen LogP contribution in [0, 0.1) is 0 Å². The lowest BCUT2D eigenvalue weighted by molar-refractivity contribution is 0.415. The van der Waals surface area contributed by atoms with Gasteiger partial charge in [-0.3, -0.25) is 0 Å². The van der Waals surface area contributed by atoms with Crippen molar-refractivity contribution in [3.8, 4) is 5.75 Å². The minimum Gasteiger partial charge on any atom is -0.497 e. The molecule has 0 aliphatic heterocycles. The maximum absolute atomic E-state index is 5.20. The Morgan fingerprint density at radius 1 is 1.15 bits per heavy atom. The molecule has 2 rings (SSSR count). The molecule has 0 fully saturated rings. The highest BCUT2D eigenvalue weighted by Crippen LogP contribution is 2.20. The molecule has 0 aliphatic rings. The van der Waals surface area contributed by atoms with Crippen LogP contribution < -0.4 is 15.4 Å². The number of hydrogen-bond donors (Lipinski definition) is 2. The molecule has 5 nitrogen and oxygen atoms in total. The minimum absolute atomic E-state index is 0.757. The van der Waals surface area contributed by atoms with Gasteiger partial charge in [0, 0.05) is 24.4 Å². The smallest absolute Gasteiger partial charge is 0.135 e. The summed E-state index contributed by atoms with van der Waals surface area (Å²) in [6.07, 6.45) is 3.84. The van der Waals surface area contributed by atoms with Gasteiger partial charge < -0.3 is 15.4 Å². The Morgan fingerprint density at radius 3 is 2.80 bits per heavy atom. The van der Waals surface area contributed by atoms with Gasteiger partial charge in [-0.05, 0) is 18.6 Å². The molecular weight excluding hydrogens is 252 g/mol. The monoisotopic (exact) mass is 272 g/mol. The van der Waals surface area contributed by atoms with E-state index in [1.165, 1.54) is 0 Å². The van der Waals surface area contributed by atoms with E-state index >= 15 is 0 Å². The zero-order valence-electron chi connectivity index (χ0n) is 11.9. The molecule has 1 aromatic carbocycles. The third-order valence-electron chi connectivity index (χ3n) is 2.85. The van der Waals surface area contributed by atoms with E-state index in [1.54, 1.807) is 13.4 Å². The fourth-order valence-electron chi connectivity index (χ4n) is 1.76. The summed E-state index contributed by atoms with van der Waals surface area (Å²) in [7, 11) is 1.65. The van der Waals surface area contributed by atoms with E-state index in [2.05, 4.69) is 27.5 Å². The number of nitrogens with zero attached hydrogens (tertiary/aromatic N) is 2. The van der Waals surface area contributed by atoms with E-state index < -0.39 is 0 Å². The molecule has 20 heavy (non-hydrogen) atoms. The number of anilines is 3. The predicted molar refractivity (Wildman–Crippen MR) is 81.7 cm³/mol. The number of aromatic nitrogens is 2. The zero-order chi connectivity index (χ0) is 14.2. The molecule has 2 aromatic rings. The van der Waals surface area contributed by atoms with Crippen LogP contribution in [0.2, 0.25) is 0 Å². The van der Waals surface area contributed by atoms with Crippen LogP contribution in [0.4, 0.5) is 17.3 Å². The molecule has 0 spiro atoms. The van der Waals surface area contributed by atoms with Gasteiger partial charge >= 0.3 is 0 Å². The second-order valence-corrected chi connectivity index (χ2v) is 4.43. The number of benzene rings is 1. The first-order valence-electron chi connectivity index (χ1n) is 6.79. The lowest BCUT2D eigenvalue weighted by Crippen LogP contribution is -2.04. The van der Waals surface area contributed by atoms with E-state index in [0.717, 1.165) is 42.5 Å². The van der Waals surface area contributed by atoms with Crippen molar-refractivity contribution >= 4 is 17.3 Å².